The van der Waals surface area contributed by atoms with E-state index >= 15 is 0 Å². The van der Waals surface area contributed by atoms with E-state index in [9.17, 15) is 14.7 Å². The van der Waals surface area contributed by atoms with Gasteiger partial charge in [0, 0.05) is 66.8 Å². The van der Waals surface area contributed by atoms with Crippen molar-refractivity contribution in [3.8, 4) is 51.0 Å². The maximum atomic E-state index is 12.0. The van der Waals surface area contributed by atoms with E-state index in [1.807, 2.05) is 80.6 Å². The molecule has 10 nitrogen and oxygen atoms in total. The van der Waals surface area contributed by atoms with E-state index in [1.54, 1.807) is 62.2 Å². The third-order valence-electron chi connectivity index (χ3n) is 8.07. The van der Waals surface area contributed by atoms with E-state index < -0.39 is 0 Å². The van der Waals surface area contributed by atoms with Gasteiger partial charge in [0.05, 0.1) is 0 Å². The molecule has 0 fully saturated rings. The molecule has 3 aromatic heterocycles. The summed E-state index contributed by atoms with van der Waals surface area (Å²) in [7, 11) is 3.44. The molecular weight excluding hydrogens is 632 g/mol. The predicted molar refractivity (Wildman–Crippen MR) is 195 cm³/mol. The third-order valence-corrected chi connectivity index (χ3v) is 8.07. The van der Waals surface area contributed by atoms with Crippen LogP contribution in [0.1, 0.15) is 17.0 Å². The Morgan fingerprint density at radius 1 is 0.680 bits per heavy atom. The molecular formula is C40H36N4O6. The van der Waals surface area contributed by atoms with Gasteiger partial charge in [0.1, 0.15) is 22.9 Å². The Kier molecular flexibility index (Phi) is 9.27. The lowest BCUT2D eigenvalue weighted by molar-refractivity contribution is 0.461. The number of hydrogen-bond acceptors (Lipinski definition) is 8. The number of nitrogens with zero attached hydrogens (tertiary/aromatic N) is 3. The number of aromatic hydroxyl groups is 1. The van der Waals surface area contributed by atoms with E-state index in [4.69, 9.17) is 19.6 Å². The predicted octanol–water partition coefficient (Wildman–Crippen LogP) is 8.04. The van der Waals surface area contributed by atoms with Crippen LogP contribution >= 0.6 is 0 Å². The molecule has 0 radical (unpaired) electrons. The normalized spacial score (nSPS) is 10.8. The van der Waals surface area contributed by atoms with Crippen molar-refractivity contribution in [2.75, 3.05) is 5.73 Å². The van der Waals surface area contributed by atoms with Gasteiger partial charge in [-0.2, -0.15) is 0 Å². The first-order valence-electron chi connectivity index (χ1n) is 15.8. The van der Waals surface area contributed by atoms with Crippen LogP contribution in [0, 0.1) is 20.8 Å². The van der Waals surface area contributed by atoms with Crippen LogP contribution in [0.5, 0.6) is 28.7 Å². The molecule has 252 valence electrons. The highest BCUT2D eigenvalue weighted by Crippen LogP contribution is 2.43. The van der Waals surface area contributed by atoms with Crippen LogP contribution in [-0.4, -0.2) is 19.2 Å². The lowest BCUT2D eigenvalue weighted by atomic mass is 10.0. The van der Waals surface area contributed by atoms with Gasteiger partial charge in [0.15, 0.2) is 28.5 Å². The van der Waals surface area contributed by atoms with Gasteiger partial charge >= 0.3 is 0 Å². The number of phenolic OH excluding ortho intramolecular Hbond substituents is 1. The molecule has 0 unspecified atom stereocenters. The van der Waals surface area contributed by atoms with Gasteiger partial charge < -0.3 is 33.9 Å². The van der Waals surface area contributed by atoms with Crippen molar-refractivity contribution in [1.82, 2.24) is 14.1 Å². The van der Waals surface area contributed by atoms with E-state index in [1.165, 1.54) is 10.6 Å². The van der Waals surface area contributed by atoms with Crippen LogP contribution < -0.4 is 26.3 Å². The number of nitrogens with two attached hydrogens (primary N) is 1. The maximum Gasteiger partial charge on any atom is 0.253 e. The van der Waals surface area contributed by atoms with Crippen LogP contribution in [0.2, 0.25) is 0 Å². The van der Waals surface area contributed by atoms with Crippen molar-refractivity contribution in [2.24, 2.45) is 14.1 Å². The molecule has 0 atom stereocenters. The second-order valence-corrected chi connectivity index (χ2v) is 11.9. The van der Waals surface area contributed by atoms with Crippen LogP contribution in [0.3, 0.4) is 0 Å². The van der Waals surface area contributed by atoms with Crippen LogP contribution in [-0.2, 0) is 14.1 Å². The largest absolute Gasteiger partial charge is 0.506 e. The average molecular weight is 669 g/mol. The second-order valence-electron chi connectivity index (χ2n) is 11.9. The monoisotopic (exact) mass is 668 g/mol. The van der Waals surface area contributed by atoms with Gasteiger partial charge in [-0.05, 0) is 74.5 Å². The Morgan fingerprint density at radius 3 is 1.68 bits per heavy atom. The molecule has 7 rings (SSSR count). The van der Waals surface area contributed by atoms with E-state index in [0.717, 1.165) is 16.7 Å². The van der Waals surface area contributed by atoms with Crippen LogP contribution in [0.4, 0.5) is 5.69 Å². The number of aryl methyl sites for hydroxylation is 5. The first-order valence-corrected chi connectivity index (χ1v) is 15.8. The van der Waals surface area contributed by atoms with Gasteiger partial charge in [-0.15, -0.1) is 0 Å². The number of benzene rings is 4. The molecule has 4 aromatic carbocycles. The number of oxazole rings is 1. The molecule has 7 aromatic rings. The first kappa shape index (κ1) is 33.4. The fourth-order valence-corrected chi connectivity index (χ4v) is 5.60. The molecule has 0 bridgehead atoms. The van der Waals surface area contributed by atoms with Gasteiger partial charge in [0.25, 0.3) is 11.1 Å². The molecule has 0 aliphatic carbocycles. The molecule has 3 heterocycles. The minimum atomic E-state index is -0.0592. The van der Waals surface area contributed by atoms with Gasteiger partial charge in [0.2, 0.25) is 0 Å². The number of pyridine rings is 2. The smallest absolute Gasteiger partial charge is 0.253 e. The van der Waals surface area contributed by atoms with E-state index in [0.29, 0.717) is 56.7 Å². The summed E-state index contributed by atoms with van der Waals surface area (Å²) in [6, 6.07) is 29.5. The minimum Gasteiger partial charge on any atom is -0.506 e. The number of hydrogen-bond donors (Lipinski definition) is 2. The van der Waals surface area contributed by atoms with Gasteiger partial charge in [-0.25, -0.2) is 4.98 Å². The summed E-state index contributed by atoms with van der Waals surface area (Å²) in [4.78, 5) is 28.5. The topological polar surface area (TPSA) is 135 Å². The van der Waals surface area contributed by atoms with Crippen molar-refractivity contribution in [2.45, 2.75) is 20.8 Å². The quantitative estimate of drug-likeness (QED) is 0.134. The SMILES string of the molecule is Cc1cc(-c2ccc(O)c(N)c2Oc2ccccc2)cn(C)c1=O.Cc1nc2c(Oc3ccccc3)c(-c3cc(C)c(=O)n(C)c3)ccc2o1. The highest BCUT2D eigenvalue weighted by Gasteiger charge is 2.18. The molecule has 10 heteroatoms. The molecule has 50 heavy (non-hydrogen) atoms. The number of phenols is 1. The second kappa shape index (κ2) is 13.9. The summed E-state index contributed by atoms with van der Waals surface area (Å²) in [5, 5.41) is 9.94. The molecule has 0 saturated heterocycles. The van der Waals surface area contributed by atoms with Crippen molar-refractivity contribution in [3.63, 3.8) is 0 Å². The number of fused-ring (bicyclic) bond motifs is 1. The zero-order chi connectivity index (χ0) is 35.5. The Morgan fingerprint density at radius 2 is 1.16 bits per heavy atom. The number of anilines is 1. The zero-order valence-electron chi connectivity index (χ0n) is 28.3. The fourth-order valence-electron chi connectivity index (χ4n) is 5.60. The Hall–Kier alpha value is -6.55. The molecule has 0 spiro atoms. The van der Waals surface area contributed by atoms with Crippen molar-refractivity contribution >= 4 is 16.8 Å². The molecule has 0 aliphatic rings. The summed E-state index contributed by atoms with van der Waals surface area (Å²) in [5.74, 6) is 2.82. The standard InChI is InChI=1S/C21H18N2O3.C19H18N2O3/c1-13-11-15(12-23(3)21(13)24)17-9-10-18-19(22-14(2)25-18)20(17)26-16-7-5-4-6-8-16;1-12-10-13(11-21(2)19(12)23)15-8-9-16(22)17(20)18(15)24-14-6-4-3-5-7-14/h4-12H,1-3H3;3-11,22H,20H2,1-2H3. The van der Waals surface area contributed by atoms with Crippen LogP contribution in [0.15, 0.2) is 123 Å². The van der Waals surface area contributed by atoms with Crippen molar-refractivity contribution in [3.05, 3.63) is 147 Å². The number of para-hydroxylation sites is 2. The highest BCUT2D eigenvalue weighted by molar-refractivity contribution is 5.90. The molecule has 3 N–H and O–H groups in total. The third kappa shape index (κ3) is 6.86. The summed E-state index contributed by atoms with van der Waals surface area (Å²) in [6.45, 7) is 5.37. The lowest BCUT2D eigenvalue weighted by Crippen LogP contribution is -2.18. The van der Waals surface area contributed by atoms with Gasteiger partial charge in [-0.3, -0.25) is 9.59 Å². The van der Waals surface area contributed by atoms with E-state index in [-0.39, 0.29) is 22.6 Å². The molecule has 0 aliphatic heterocycles. The Labute approximate surface area is 288 Å². The maximum absolute atomic E-state index is 12.0. The highest BCUT2D eigenvalue weighted by atomic mass is 16.5. The summed E-state index contributed by atoms with van der Waals surface area (Å²) in [6.07, 6.45) is 3.53. The first-order chi connectivity index (χ1) is 24.0. The number of nitrogen functional groups attached to an aromatic ring is 1. The fraction of sp³-hybridized carbons (Fsp3) is 0.125. The average Bonchev–Trinajstić information content (AvgIpc) is 3.50. The number of rotatable bonds is 6. The van der Waals surface area contributed by atoms with E-state index in [2.05, 4.69) is 4.98 Å². The summed E-state index contributed by atoms with van der Waals surface area (Å²) < 4.78 is 20.9. The summed E-state index contributed by atoms with van der Waals surface area (Å²) >= 11 is 0. The number of aromatic nitrogens is 3. The van der Waals surface area contributed by atoms with Gasteiger partial charge in [-0.1, -0.05) is 36.4 Å². The Bertz CT molecular complexity index is 2400. The zero-order valence-corrected chi connectivity index (χ0v) is 28.3. The minimum absolute atomic E-state index is 0.0161. The van der Waals surface area contributed by atoms with Crippen LogP contribution in [0.25, 0.3) is 33.4 Å². The number of ether oxygens (including phenoxy) is 2. The van der Waals surface area contributed by atoms with Crippen molar-refractivity contribution in [1.29, 1.82) is 0 Å². The lowest BCUT2D eigenvalue weighted by Gasteiger charge is -2.16. The summed E-state index contributed by atoms with van der Waals surface area (Å²) in [5.41, 5.74) is 12.0. The van der Waals surface area contributed by atoms with Crippen molar-refractivity contribution < 1.29 is 19.0 Å². The Balaban J connectivity index is 0.000000174. The molecule has 0 saturated carbocycles. The molecule has 0 amide bonds.